The van der Waals surface area contributed by atoms with Gasteiger partial charge in [0.1, 0.15) is 0 Å². The largest absolute Gasteiger partial charge is 0.378 e. The second-order valence-electron chi connectivity index (χ2n) is 8.27. The SMILES string of the molecule is Cc1ccc(CC2CCCN2CC(=O)N(C)Cc2ccc(N(C)C)cc2)cc1. The average Bonchev–Trinajstić information content (AvgIpc) is 3.10. The Kier molecular flexibility index (Phi) is 6.74. The monoisotopic (exact) mass is 379 g/mol. The van der Waals surface area contributed by atoms with Gasteiger partial charge < -0.3 is 9.80 Å². The van der Waals surface area contributed by atoms with Crippen LogP contribution in [0.1, 0.15) is 29.5 Å². The van der Waals surface area contributed by atoms with Gasteiger partial charge in [0.25, 0.3) is 0 Å². The fraction of sp³-hybridized carbons (Fsp3) is 0.458. The Labute approximate surface area is 169 Å². The van der Waals surface area contributed by atoms with E-state index in [0.717, 1.165) is 13.0 Å². The van der Waals surface area contributed by atoms with Crippen molar-refractivity contribution in [1.29, 1.82) is 0 Å². The number of aryl methyl sites for hydroxylation is 1. The second kappa shape index (κ2) is 9.24. The molecular weight excluding hydrogens is 346 g/mol. The molecule has 2 aromatic carbocycles. The van der Waals surface area contributed by atoms with Crippen molar-refractivity contribution in [1.82, 2.24) is 9.80 Å². The van der Waals surface area contributed by atoms with Gasteiger partial charge in [-0.05, 0) is 56.0 Å². The molecule has 0 aromatic heterocycles. The Bertz CT molecular complexity index is 767. The number of hydrogen-bond donors (Lipinski definition) is 0. The molecule has 1 aliphatic heterocycles. The van der Waals surface area contributed by atoms with Crippen LogP contribution >= 0.6 is 0 Å². The minimum Gasteiger partial charge on any atom is -0.378 e. The molecule has 28 heavy (non-hydrogen) atoms. The van der Waals surface area contributed by atoms with Crippen LogP contribution in [0.4, 0.5) is 5.69 Å². The van der Waals surface area contributed by atoms with Crippen molar-refractivity contribution in [3.63, 3.8) is 0 Å². The van der Waals surface area contributed by atoms with Gasteiger partial charge in [-0.25, -0.2) is 0 Å². The van der Waals surface area contributed by atoms with Crippen molar-refractivity contribution in [3.05, 3.63) is 65.2 Å². The predicted octanol–water partition coefficient (Wildman–Crippen LogP) is 3.73. The number of likely N-dealkylation sites (N-methyl/N-ethyl adjacent to an activating group) is 1. The molecule has 1 heterocycles. The number of hydrogen-bond acceptors (Lipinski definition) is 3. The molecule has 1 saturated heterocycles. The van der Waals surface area contributed by atoms with E-state index in [4.69, 9.17) is 0 Å². The number of likely N-dealkylation sites (tertiary alicyclic amines) is 1. The summed E-state index contributed by atoms with van der Waals surface area (Å²) in [6, 6.07) is 17.7. The average molecular weight is 380 g/mol. The highest BCUT2D eigenvalue weighted by atomic mass is 16.2. The zero-order chi connectivity index (χ0) is 20.1. The first-order chi connectivity index (χ1) is 13.4. The molecule has 3 rings (SSSR count). The smallest absolute Gasteiger partial charge is 0.236 e. The molecule has 1 aliphatic rings. The molecule has 150 valence electrons. The van der Waals surface area contributed by atoms with E-state index >= 15 is 0 Å². The molecule has 0 N–H and O–H groups in total. The summed E-state index contributed by atoms with van der Waals surface area (Å²) in [6.45, 7) is 4.31. The van der Waals surface area contributed by atoms with Crippen molar-refractivity contribution in [2.75, 3.05) is 39.1 Å². The topological polar surface area (TPSA) is 26.8 Å². The highest BCUT2D eigenvalue weighted by molar-refractivity contribution is 5.78. The van der Waals surface area contributed by atoms with E-state index in [-0.39, 0.29) is 5.91 Å². The van der Waals surface area contributed by atoms with Gasteiger partial charge >= 0.3 is 0 Å². The van der Waals surface area contributed by atoms with Crippen LogP contribution in [0.3, 0.4) is 0 Å². The summed E-state index contributed by atoms with van der Waals surface area (Å²) in [7, 11) is 5.98. The predicted molar refractivity (Wildman–Crippen MR) is 117 cm³/mol. The number of anilines is 1. The van der Waals surface area contributed by atoms with Crippen LogP contribution < -0.4 is 4.90 Å². The van der Waals surface area contributed by atoms with E-state index in [2.05, 4.69) is 65.3 Å². The first-order valence-corrected chi connectivity index (χ1v) is 10.2. The van der Waals surface area contributed by atoms with E-state index < -0.39 is 0 Å². The summed E-state index contributed by atoms with van der Waals surface area (Å²) in [5.74, 6) is 0.201. The first kappa shape index (κ1) is 20.4. The van der Waals surface area contributed by atoms with Crippen LogP contribution in [0, 0.1) is 6.92 Å². The molecule has 4 nitrogen and oxygen atoms in total. The maximum Gasteiger partial charge on any atom is 0.236 e. The van der Waals surface area contributed by atoms with Gasteiger partial charge in [-0.2, -0.15) is 0 Å². The van der Waals surface area contributed by atoms with Crippen molar-refractivity contribution in [2.24, 2.45) is 0 Å². The Morgan fingerprint density at radius 2 is 1.64 bits per heavy atom. The highest BCUT2D eigenvalue weighted by Gasteiger charge is 2.27. The van der Waals surface area contributed by atoms with Crippen molar-refractivity contribution in [2.45, 2.75) is 38.8 Å². The van der Waals surface area contributed by atoms with Gasteiger partial charge in [-0.3, -0.25) is 9.69 Å². The van der Waals surface area contributed by atoms with E-state index in [1.165, 1.54) is 35.2 Å². The lowest BCUT2D eigenvalue weighted by molar-refractivity contribution is -0.131. The van der Waals surface area contributed by atoms with Crippen LogP contribution in [0.2, 0.25) is 0 Å². The minimum absolute atomic E-state index is 0.201. The summed E-state index contributed by atoms with van der Waals surface area (Å²) < 4.78 is 0. The van der Waals surface area contributed by atoms with Crippen LogP contribution in [-0.2, 0) is 17.8 Å². The summed E-state index contributed by atoms with van der Waals surface area (Å²) in [4.78, 5) is 19.1. The molecule has 0 aliphatic carbocycles. The van der Waals surface area contributed by atoms with E-state index in [1.54, 1.807) is 0 Å². The van der Waals surface area contributed by atoms with E-state index in [0.29, 0.717) is 19.1 Å². The third kappa shape index (κ3) is 5.35. The number of amides is 1. The van der Waals surface area contributed by atoms with Crippen molar-refractivity contribution < 1.29 is 4.79 Å². The number of carbonyl (C=O) groups is 1. The normalized spacial score (nSPS) is 16.9. The lowest BCUT2D eigenvalue weighted by atomic mass is 10.0. The third-order valence-corrected chi connectivity index (χ3v) is 5.73. The summed E-state index contributed by atoms with van der Waals surface area (Å²) in [6.07, 6.45) is 3.39. The molecule has 1 unspecified atom stereocenters. The molecule has 0 bridgehead atoms. The fourth-order valence-corrected chi connectivity index (χ4v) is 3.89. The van der Waals surface area contributed by atoms with Crippen LogP contribution in [0.5, 0.6) is 0 Å². The maximum absolute atomic E-state index is 12.8. The molecular formula is C24H33N3O. The van der Waals surface area contributed by atoms with E-state index in [1.807, 2.05) is 26.0 Å². The molecule has 1 fully saturated rings. The van der Waals surface area contributed by atoms with Crippen molar-refractivity contribution >= 4 is 11.6 Å². The van der Waals surface area contributed by atoms with Gasteiger partial charge in [0.05, 0.1) is 6.54 Å². The van der Waals surface area contributed by atoms with Gasteiger partial charge in [0.2, 0.25) is 5.91 Å². The van der Waals surface area contributed by atoms with Crippen molar-refractivity contribution in [3.8, 4) is 0 Å². The van der Waals surface area contributed by atoms with Crippen LogP contribution in [0.25, 0.3) is 0 Å². The second-order valence-corrected chi connectivity index (χ2v) is 8.27. The number of benzene rings is 2. The Hall–Kier alpha value is -2.33. The summed E-state index contributed by atoms with van der Waals surface area (Å²) in [5, 5.41) is 0. The molecule has 4 heteroatoms. The molecule has 0 saturated carbocycles. The quantitative estimate of drug-likeness (QED) is 0.733. The molecule has 1 atom stereocenters. The third-order valence-electron chi connectivity index (χ3n) is 5.73. The Morgan fingerprint density at radius 3 is 2.29 bits per heavy atom. The number of carbonyl (C=O) groups excluding carboxylic acids is 1. The number of nitrogens with zero attached hydrogens (tertiary/aromatic N) is 3. The highest BCUT2D eigenvalue weighted by Crippen LogP contribution is 2.21. The van der Waals surface area contributed by atoms with E-state index in [9.17, 15) is 4.79 Å². The summed E-state index contributed by atoms with van der Waals surface area (Å²) in [5.41, 5.74) is 5.00. The number of rotatable bonds is 7. The van der Waals surface area contributed by atoms with Gasteiger partial charge in [-0.1, -0.05) is 42.0 Å². The lowest BCUT2D eigenvalue weighted by Gasteiger charge is -2.27. The summed E-state index contributed by atoms with van der Waals surface area (Å²) >= 11 is 0. The molecule has 2 aromatic rings. The zero-order valence-corrected chi connectivity index (χ0v) is 17.7. The fourth-order valence-electron chi connectivity index (χ4n) is 3.89. The zero-order valence-electron chi connectivity index (χ0n) is 17.7. The van der Waals surface area contributed by atoms with Gasteiger partial charge in [-0.15, -0.1) is 0 Å². The standard InChI is InChI=1S/C24H33N3O/c1-19-7-9-20(10-8-19)16-23-6-5-15-27(23)18-24(28)26(4)17-21-11-13-22(14-12-21)25(2)3/h7-14,23H,5-6,15-18H2,1-4H3. The first-order valence-electron chi connectivity index (χ1n) is 10.2. The Morgan fingerprint density at radius 1 is 1.00 bits per heavy atom. The molecule has 1 amide bonds. The van der Waals surface area contributed by atoms with Gasteiger partial charge in [0.15, 0.2) is 0 Å². The van der Waals surface area contributed by atoms with Gasteiger partial charge in [0, 0.05) is 39.4 Å². The minimum atomic E-state index is 0.201. The molecule has 0 spiro atoms. The van der Waals surface area contributed by atoms with Crippen LogP contribution in [0.15, 0.2) is 48.5 Å². The lowest BCUT2D eigenvalue weighted by Crippen LogP contribution is -2.41. The maximum atomic E-state index is 12.8. The Balaban J connectivity index is 1.54. The van der Waals surface area contributed by atoms with Crippen LogP contribution in [-0.4, -0.2) is 56.0 Å². The molecule has 0 radical (unpaired) electrons.